The number of hydrogen-bond acceptors (Lipinski definition) is 1. The van der Waals surface area contributed by atoms with Gasteiger partial charge in [0.05, 0.1) is 11.6 Å². The minimum Gasteiger partial charge on any atom is -0.335 e. The van der Waals surface area contributed by atoms with E-state index in [1.807, 2.05) is 20.8 Å². The van der Waals surface area contributed by atoms with Gasteiger partial charge in [-0.15, -0.1) is 0 Å². The van der Waals surface area contributed by atoms with Crippen molar-refractivity contribution in [1.82, 2.24) is 10.6 Å². The standard InChI is InChI=1S/C15H21F3N2O/c1-9(2)10(3)19-14(21)20-11(4)12-5-7-13(8-6-12)15(16,17)18/h5-11H,1-4H3,(H2,19,20,21). The summed E-state index contributed by atoms with van der Waals surface area (Å²) >= 11 is 0. The molecule has 0 saturated heterocycles. The molecule has 1 aromatic carbocycles. The van der Waals surface area contributed by atoms with Gasteiger partial charge in [0.2, 0.25) is 0 Å². The van der Waals surface area contributed by atoms with E-state index in [9.17, 15) is 18.0 Å². The third-order valence-electron chi connectivity index (χ3n) is 3.44. The van der Waals surface area contributed by atoms with Crippen molar-refractivity contribution in [2.45, 2.75) is 46.0 Å². The van der Waals surface area contributed by atoms with E-state index in [-0.39, 0.29) is 18.1 Å². The van der Waals surface area contributed by atoms with E-state index in [0.29, 0.717) is 11.5 Å². The molecule has 0 heterocycles. The third kappa shape index (κ3) is 5.28. The number of benzene rings is 1. The van der Waals surface area contributed by atoms with Crippen LogP contribution >= 0.6 is 0 Å². The minimum absolute atomic E-state index is 0.0183. The van der Waals surface area contributed by atoms with Crippen LogP contribution in [0, 0.1) is 5.92 Å². The van der Waals surface area contributed by atoms with Crippen LogP contribution in [0.15, 0.2) is 24.3 Å². The lowest BCUT2D eigenvalue weighted by atomic mass is 10.1. The zero-order valence-electron chi connectivity index (χ0n) is 12.6. The van der Waals surface area contributed by atoms with Gasteiger partial charge in [-0.3, -0.25) is 0 Å². The molecule has 1 rings (SSSR count). The maximum Gasteiger partial charge on any atom is 0.416 e. The molecule has 0 aliphatic rings. The summed E-state index contributed by atoms with van der Waals surface area (Å²) in [6.07, 6.45) is -4.35. The summed E-state index contributed by atoms with van der Waals surface area (Å²) in [6, 6.07) is 4.10. The van der Waals surface area contributed by atoms with E-state index < -0.39 is 11.7 Å². The molecule has 2 N–H and O–H groups in total. The molecule has 0 fully saturated rings. The first-order chi connectivity index (χ1) is 9.61. The number of hydrogen-bond donors (Lipinski definition) is 2. The summed E-state index contributed by atoms with van der Waals surface area (Å²) in [7, 11) is 0. The monoisotopic (exact) mass is 302 g/mol. The van der Waals surface area contributed by atoms with Gasteiger partial charge in [-0.05, 0) is 37.5 Å². The minimum atomic E-state index is -4.35. The topological polar surface area (TPSA) is 41.1 Å². The van der Waals surface area contributed by atoms with Crippen molar-refractivity contribution in [1.29, 1.82) is 0 Å². The van der Waals surface area contributed by atoms with Crippen LogP contribution in [-0.2, 0) is 6.18 Å². The van der Waals surface area contributed by atoms with Crippen LogP contribution in [0.2, 0.25) is 0 Å². The molecule has 0 radical (unpaired) electrons. The molecular weight excluding hydrogens is 281 g/mol. The third-order valence-corrected chi connectivity index (χ3v) is 3.44. The maximum absolute atomic E-state index is 12.5. The molecule has 2 atom stereocenters. The molecule has 0 spiro atoms. The van der Waals surface area contributed by atoms with Crippen LogP contribution in [0.5, 0.6) is 0 Å². The highest BCUT2D eigenvalue weighted by molar-refractivity contribution is 5.74. The first-order valence-corrected chi connectivity index (χ1v) is 6.85. The molecule has 0 aromatic heterocycles. The Morgan fingerprint density at radius 1 is 1.00 bits per heavy atom. The molecule has 118 valence electrons. The summed E-state index contributed by atoms with van der Waals surface area (Å²) in [6.45, 7) is 7.60. The van der Waals surface area contributed by atoms with Crippen molar-refractivity contribution in [3.8, 4) is 0 Å². The fourth-order valence-corrected chi connectivity index (χ4v) is 1.66. The lowest BCUT2D eigenvalue weighted by Crippen LogP contribution is -2.43. The highest BCUT2D eigenvalue weighted by atomic mass is 19.4. The zero-order chi connectivity index (χ0) is 16.2. The number of nitrogens with one attached hydrogen (secondary N) is 2. The highest BCUT2D eigenvalue weighted by Crippen LogP contribution is 2.29. The zero-order valence-corrected chi connectivity index (χ0v) is 12.6. The van der Waals surface area contributed by atoms with Crippen LogP contribution in [0.25, 0.3) is 0 Å². The Balaban J connectivity index is 2.63. The maximum atomic E-state index is 12.5. The Hall–Kier alpha value is -1.72. The molecule has 21 heavy (non-hydrogen) atoms. The Bertz CT molecular complexity index is 469. The predicted molar refractivity (Wildman–Crippen MR) is 75.8 cm³/mol. The van der Waals surface area contributed by atoms with Gasteiger partial charge in [-0.2, -0.15) is 13.2 Å². The van der Waals surface area contributed by atoms with Gasteiger partial charge < -0.3 is 10.6 Å². The number of rotatable bonds is 4. The molecule has 1 aromatic rings. The first kappa shape index (κ1) is 17.3. The predicted octanol–water partition coefficient (Wildman–Crippen LogP) is 4.11. The highest BCUT2D eigenvalue weighted by Gasteiger charge is 2.30. The van der Waals surface area contributed by atoms with Crippen molar-refractivity contribution >= 4 is 6.03 Å². The van der Waals surface area contributed by atoms with Crippen LogP contribution in [0.4, 0.5) is 18.0 Å². The number of carbonyl (C=O) groups excluding carboxylic acids is 1. The first-order valence-electron chi connectivity index (χ1n) is 6.85. The number of amides is 2. The number of urea groups is 1. The van der Waals surface area contributed by atoms with Crippen molar-refractivity contribution in [2.75, 3.05) is 0 Å². The molecule has 0 aliphatic heterocycles. The second kappa shape index (κ2) is 6.83. The molecule has 0 bridgehead atoms. The summed E-state index contributed by atoms with van der Waals surface area (Å²) in [4.78, 5) is 11.8. The lowest BCUT2D eigenvalue weighted by molar-refractivity contribution is -0.137. The molecule has 3 nitrogen and oxygen atoms in total. The van der Waals surface area contributed by atoms with Crippen molar-refractivity contribution in [3.63, 3.8) is 0 Å². The van der Waals surface area contributed by atoms with E-state index >= 15 is 0 Å². The number of halogens is 3. The van der Waals surface area contributed by atoms with E-state index in [1.165, 1.54) is 12.1 Å². The van der Waals surface area contributed by atoms with Crippen LogP contribution in [0.3, 0.4) is 0 Å². The van der Waals surface area contributed by atoms with Gasteiger partial charge >= 0.3 is 12.2 Å². The molecule has 0 saturated carbocycles. The van der Waals surface area contributed by atoms with Crippen molar-refractivity contribution in [2.24, 2.45) is 5.92 Å². The quantitative estimate of drug-likeness (QED) is 0.863. The lowest BCUT2D eigenvalue weighted by Gasteiger charge is -2.21. The van der Waals surface area contributed by atoms with Gasteiger partial charge in [0, 0.05) is 6.04 Å². The normalized spacial score (nSPS) is 14.7. The smallest absolute Gasteiger partial charge is 0.335 e. The molecule has 2 amide bonds. The molecule has 6 heteroatoms. The fourth-order valence-electron chi connectivity index (χ4n) is 1.66. The van der Waals surface area contributed by atoms with E-state index in [2.05, 4.69) is 10.6 Å². The van der Waals surface area contributed by atoms with Crippen molar-refractivity contribution in [3.05, 3.63) is 35.4 Å². The van der Waals surface area contributed by atoms with Gasteiger partial charge in [0.15, 0.2) is 0 Å². The Morgan fingerprint density at radius 2 is 1.52 bits per heavy atom. The van der Waals surface area contributed by atoms with Gasteiger partial charge in [-0.1, -0.05) is 26.0 Å². The number of alkyl halides is 3. The summed E-state index contributed by atoms with van der Waals surface area (Å²) in [5.41, 5.74) is -0.0771. The SMILES string of the molecule is CC(NC(=O)NC(C)C(C)C)c1ccc(C(F)(F)F)cc1. The van der Waals surface area contributed by atoms with E-state index in [4.69, 9.17) is 0 Å². The second-order valence-corrected chi connectivity index (χ2v) is 5.49. The van der Waals surface area contributed by atoms with Crippen LogP contribution in [-0.4, -0.2) is 12.1 Å². The van der Waals surface area contributed by atoms with Gasteiger partial charge in [-0.25, -0.2) is 4.79 Å². The van der Waals surface area contributed by atoms with E-state index in [0.717, 1.165) is 12.1 Å². The fraction of sp³-hybridized carbons (Fsp3) is 0.533. The Kier molecular flexibility index (Phi) is 5.63. The molecular formula is C15H21F3N2O. The van der Waals surface area contributed by atoms with Crippen LogP contribution in [0.1, 0.15) is 44.9 Å². The van der Waals surface area contributed by atoms with Gasteiger partial charge in [0.1, 0.15) is 0 Å². The average Bonchev–Trinajstić information content (AvgIpc) is 2.37. The van der Waals surface area contributed by atoms with Gasteiger partial charge in [0.25, 0.3) is 0 Å². The second-order valence-electron chi connectivity index (χ2n) is 5.49. The van der Waals surface area contributed by atoms with Crippen molar-refractivity contribution < 1.29 is 18.0 Å². The number of carbonyl (C=O) groups is 1. The van der Waals surface area contributed by atoms with E-state index in [1.54, 1.807) is 6.92 Å². The largest absolute Gasteiger partial charge is 0.416 e. The summed E-state index contributed by atoms with van der Waals surface area (Å²) in [5, 5.41) is 5.49. The average molecular weight is 302 g/mol. The Morgan fingerprint density at radius 3 is 1.95 bits per heavy atom. The summed E-state index contributed by atoms with van der Waals surface area (Å²) < 4.78 is 37.4. The van der Waals surface area contributed by atoms with Crippen LogP contribution < -0.4 is 10.6 Å². The Labute approximate surface area is 122 Å². The molecule has 2 unspecified atom stereocenters. The molecule has 0 aliphatic carbocycles. The summed E-state index contributed by atoms with van der Waals surface area (Å²) in [5.74, 6) is 0.303.